The highest BCUT2D eigenvalue weighted by Crippen LogP contribution is 2.12. The third kappa shape index (κ3) is 6.00. The summed E-state index contributed by atoms with van der Waals surface area (Å²) in [6, 6.07) is 1.30. The van der Waals surface area contributed by atoms with Gasteiger partial charge in [-0.3, -0.25) is 0 Å². The molecule has 0 bridgehead atoms. The number of aromatic nitrogens is 2. The summed E-state index contributed by atoms with van der Waals surface area (Å²) in [6.45, 7) is 11.4. The van der Waals surface area contributed by atoms with Gasteiger partial charge in [0, 0.05) is 12.1 Å². The van der Waals surface area contributed by atoms with Crippen LogP contribution in [0.25, 0.3) is 0 Å². The van der Waals surface area contributed by atoms with Crippen molar-refractivity contribution in [3.8, 4) is 0 Å². The number of nitrogens with zero attached hydrogens (tertiary/aromatic N) is 2. The van der Waals surface area contributed by atoms with Gasteiger partial charge in [0.15, 0.2) is 0 Å². The summed E-state index contributed by atoms with van der Waals surface area (Å²) < 4.78 is 5.52. The van der Waals surface area contributed by atoms with Crippen LogP contribution >= 0.6 is 0 Å². The lowest BCUT2D eigenvalue weighted by molar-refractivity contribution is 0.451. The molecule has 1 aromatic rings. The molecule has 0 saturated carbocycles. The normalized spacial score (nSPS) is 13.3. The van der Waals surface area contributed by atoms with E-state index in [0.29, 0.717) is 30.5 Å². The van der Waals surface area contributed by atoms with Crippen molar-refractivity contribution in [1.82, 2.24) is 15.5 Å². The molecule has 0 saturated heterocycles. The lowest BCUT2D eigenvalue weighted by atomic mass is 10.0. The van der Waals surface area contributed by atoms with E-state index in [1.807, 2.05) is 0 Å². The van der Waals surface area contributed by atoms with Crippen LogP contribution in [0, 0.1) is 5.92 Å². The second kappa shape index (κ2) is 7.36. The molecule has 0 aliphatic rings. The summed E-state index contributed by atoms with van der Waals surface area (Å²) in [7, 11) is 0. The molecule has 0 aliphatic carbocycles. The predicted octanol–water partition coefficient (Wildman–Crippen LogP) is 2.80. The summed E-state index contributed by atoms with van der Waals surface area (Å²) >= 11 is 0. The Balaban J connectivity index is 2.34. The zero-order chi connectivity index (χ0) is 13.5. The highest BCUT2D eigenvalue weighted by Gasteiger charge is 2.09. The van der Waals surface area contributed by atoms with Gasteiger partial charge in [-0.05, 0) is 25.7 Å². The van der Waals surface area contributed by atoms with Crippen molar-refractivity contribution in [1.29, 1.82) is 0 Å². The average molecular weight is 254 g/mol. The van der Waals surface area contributed by atoms with Crippen LogP contribution in [-0.4, -0.2) is 22.3 Å². The summed E-state index contributed by atoms with van der Waals surface area (Å²) in [5.41, 5.74) is 0. The first kappa shape index (κ1) is 15.0. The Morgan fingerprint density at radius 1 is 1.06 bits per heavy atom. The zero-order valence-corrected chi connectivity index (χ0v) is 12.2. The molecular weight excluding hydrogens is 228 g/mol. The van der Waals surface area contributed by atoms with Crippen molar-refractivity contribution in [2.45, 2.75) is 66.1 Å². The number of rotatable bonds is 8. The first-order valence-corrected chi connectivity index (χ1v) is 6.79. The Bertz CT molecular complexity index is 335. The molecule has 1 heterocycles. The molecule has 18 heavy (non-hydrogen) atoms. The van der Waals surface area contributed by atoms with E-state index in [1.165, 1.54) is 6.42 Å². The average Bonchev–Trinajstić information content (AvgIpc) is 2.71. The molecule has 2 N–H and O–H groups in total. The summed E-state index contributed by atoms with van der Waals surface area (Å²) in [6.07, 6.45) is 2.31. The van der Waals surface area contributed by atoms with Crippen LogP contribution < -0.4 is 10.6 Å². The van der Waals surface area contributed by atoms with Crippen LogP contribution in [0.1, 0.15) is 53.4 Å². The molecule has 1 atom stereocenters. The monoisotopic (exact) mass is 254 g/mol. The lowest BCUT2D eigenvalue weighted by Crippen LogP contribution is -2.21. The molecule has 1 aromatic heterocycles. The topological polar surface area (TPSA) is 63.0 Å². The minimum Gasteiger partial charge on any atom is -0.407 e. The number of nitrogens with one attached hydrogen (secondary N) is 2. The second-order valence-corrected chi connectivity index (χ2v) is 5.55. The van der Waals surface area contributed by atoms with Crippen molar-refractivity contribution in [2.75, 3.05) is 5.32 Å². The van der Waals surface area contributed by atoms with Gasteiger partial charge in [-0.1, -0.05) is 32.8 Å². The van der Waals surface area contributed by atoms with E-state index < -0.39 is 0 Å². The molecule has 0 radical (unpaired) electrons. The smallest absolute Gasteiger partial charge is 0.315 e. The van der Waals surface area contributed by atoms with Gasteiger partial charge < -0.3 is 15.1 Å². The van der Waals surface area contributed by atoms with Crippen LogP contribution in [0.2, 0.25) is 0 Å². The Labute approximate surface area is 110 Å². The third-order valence-electron chi connectivity index (χ3n) is 2.68. The first-order chi connectivity index (χ1) is 8.47. The summed E-state index contributed by atoms with van der Waals surface area (Å²) in [5.74, 6) is 1.35. The molecule has 5 heteroatoms. The highest BCUT2D eigenvalue weighted by atomic mass is 16.4. The minimum atomic E-state index is 0.360. The van der Waals surface area contributed by atoms with E-state index in [4.69, 9.17) is 4.42 Å². The maximum atomic E-state index is 5.52. The van der Waals surface area contributed by atoms with E-state index >= 15 is 0 Å². The minimum absolute atomic E-state index is 0.360. The molecule has 0 amide bonds. The van der Waals surface area contributed by atoms with Gasteiger partial charge in [0.1, 0.15) is 0 Å². The predicted molar refractivity (Wildman–Crippen MR) is 73.4 cm³/mol. The van der Waals surface area contributed by atoms with Gasteiger partial charge >= 0.3 is 6.01 Å². The van der Waals surface area contributed by atoms with Crippen LogP contribution in [0.4, 0.5) is 6.01 Å². The molecule has 0 aromatic carbocycles. The van der Waals surface area contributed by atoms with E-state index in [9.17, 15) is 0 Å². The lowest BCUT2D eigenvalue weighted by Gasteiger charge is -2.12. The maximum absolute atomic E-state index is 5.52. The molecular formula is C13H26N4O. The standard InChI is InChI=1S/C13H26N4O/c1-9(2)6-7-11(5)15-13-17-16-12(18-13)8-14-10(3)4/h9-11,14H,6-8H2,1-5H3,(H,15,17). The third-order valence-corrected chi connectivity index (χ3v) is 2.68. The molecule has 1 unspecified atom stereocenters. The first-order valence-electron chi connectivity index (χ1n) is 6.79. The molecule has 0 fully saturated rings. The van der Waals surface area contributed by atoms with Crippen molar-refractivity contribution < 1.29 is 4.42 Å². The second-order valence-electron chi connectivity index (χ2n) is 5.55. The van der Waals surface area contributed by atoms with Crippen LogP contribution in [0.5, 0.6) is 0 Å². The van der Waals surface area contributed by atoms with Gasteiger partial charge in [0.2, 0.25) is 5.89 Å². The molecule has 1 rings (SSSR count). The fraction of sp³-hybridized carbons (Fsp3) is 0.846. The van der Waals surface area contributed by atoms with Gasteiger partial charge in [0.25, 0.3) is 0 Å². The number of hydrogen-bond donors (Lipinski definition) is 2. The summed E-state index contributed by atoms with van der Waals surface area (Å²) in [4.78, 5) is 0. The van der Waals surface area contributed by atoms with Gasteiger partial charge in [-0.25, -0.2) is 0 Å². The maximum Gasteiger partial charge on any atom is 0.315 e. The SMILES string of the molecule is CC(C)CCC(C)Nc1nnc(CNC(C)C)o1. The fourth-order valence-corrected chi connectivity index (χ4v) is 1.54. The van der Waals surface area contributed by atoms with Gasteiger partial charge in [-0.15, -0.1) is 5.10 Å². The Morgan fingerprint density at radius 2 is 1.78 bits per heavy atom. The Kier molecular flexibility index (Phi) is 6.12. The number of anilines is 1. The molecule has 0 spiro atoms. The highest BCUT2D eigenvalue weighted by molar-refractivity contribution is 5.18. The Morgan fingerprint density at radius 3 is 2.39 bits per heavy atom. The fourth-order valence-electron chi connectivity index (χ4n) is 1.54. The van der Waals surface area contributed by atoms with Gasteiger partial charge in [0.05, 0.1) is 6.54 Å². The van der Waals surface area contributed by atoms with E-state index in [-0.39, 0.29) is 0 Å². The van der Waals surface area contributed by atoms with Crippen molar-refractivity contribution in [3.05, 3.63) is 5.89 Å². The summed E-state index contributed by atoms with van der Waals surface area (Å²) in [5, 5.41) is 14.5. The largest absolute Gasteiger partial charge is 0.407 e. The van der Waals surface area contributed by atoms with Crippen molar-refractivity contribution >= 4 is 6.01 Å². The quantitative estimate of drug-likeness (QED) is 0.747. The van der Waals surface area contributed by atoms with Crippen LogP contribution in [-0.2, 0) is 6.54 Å². The Hall–Kier alpha value is -1.10. The van der Waals surface area contributed by atoms with Crippen LogP contribution in [0.3, 0.4) is 0 Å². The van der Waals surface area contributed by atoms with E-state index in [2.05, 4.69) is 55.4 Å². The van der Waals surface area contributed by atoms with E-state index in [1.54, 1.807) is 0 Å². The van der Waals surface area contributed by atoms with Crippen LogP contribution in [0.15, 0.2) is 4.42 Å². The molecule has 0 aliphatic heterocycles. The molecule has 5 nitrogen and oxygen atoms in total. The van der Waals surface area contributed by atoms with E-state index in [0.717, 1.165) is 12.3 Å². The molecule has 104 valence electrons. The van der Waals surface area contributed by atoms with Crippen molar-refractivity contribution in [2.24, 2.45) is 5.92 Å². The number of hydrogen-bond acceptors (Lipinski definition) is 5. The zero-order valence-electron chi connectivity index (χ0n) is 12.2. The van der Waals surface area contributed by atoms with Crippen molar-refractivity contribution in [3.63, 3.8) is 0 Å². The van der Waals surface area contributed by atoms with Gasteiger partial charge in [-0.2, -0.15) is 0 Å².